The molecule has 0 spiro atoms. The zero-order valence-electron chi connectivity index (χ0n) is 12.8. The first-order valence-corrected chi connectivity index (χ1v) is 7.30. The van der Waals surface area contributed by atoms with E-state index in [1.165, 1.54) is 0 Å². The van der Waals surface area contributed by atoms with Crippen LogP contribution >= 0.6 is 0 Å². The number of methoxy groups -OCH3 is 1. The van der Waals surface area contributed by atoms with E-state index in [9.17, 15) is 9.59 Å². The number of amides is 1. The van der Waals surface area contributed by atoms with Crippen LogP contribution in [-0.4, -0.2) is 54.8 Å². The van der Waals surface area contributed by atoms with Crippen LogP contribution in [-0.2, 0) is 9.53 Å². The van der Waals surface area contributed by atoms with Gasteiger partial charge in [0, 0.05) is 25.3 Å². The number of ether oxygens (including phenoxy) is 2. The van der Waals surface area contributed by atoms with Crippen LogP contribution in [0.15, 0.2) is 24.3 Å². The maximum atomic E-state index is 12.5. The van der Waals surface area contributed by atoms with Gasteiger partial charge < -0.3 is 19.5 Å². The van der Waals surface area contributed by atoms with Crippen molar-refractivity contribution in [3.8, 4) is 5.75 Å². The van der Waals surface area contributed by atoms with Gasteiger partial charge in [-0.2, -0.15) is 0 Å². The molecule has 1 aliphatic rings. The average molecular weight is 307 g/mol. The minimum absolute atomic E-state index is 0.139. The Kier molecular flexibility index (Phi) is 5.38. The van der Waals surface area contributed by atoms with Gasteiger partial charge in [0.15, 0.2) is 0 Å². The summed E-state index contributed by atoms with van der Waals surface area (Å²) >= 11 is 0. The third-order valence-electron chi connectivity index (χ3n) is 3.99. The SMILES string of the molecule is COCCOc1ccc(C(=O)N2CCC(C(=O)O)C2C)cc1. The fourth-order valence-corrected chi connectivity index (χ4v) is 2.66. The summed E-state index contributed by atoms with van der Waals surface area (Å²) in [7, 11) is 1.60. The smallest absolute Gasteiger partial charge is 0.308 e. The van der Waals surface area contributed by atoms with Crippen molar-refractivity contribution in [3.63, 3.8) is 0 Å². The molecule has 6 nitrogen and oxygen atoms in total. The highest BCUT2D eigenvalue weighted by Crippen LogP contribution is 2.26. The van der Waals surface area contributed by atoms with Gasteiger partial charge in [0.1, 0.15) is 12.4 Å². The quantitative estimate of drug-likeness (QED) is 0.809. The summed E-state index contributed by atoms with van der Waals surface area (Å²) in [6, 6.07) is 6.58. The van der Waals surface area contributed by atoms with Crippen molar-refractivity contribution in [2.45, 2.75) is 19.4 Å². The Bertz CT molecular complexity index is 528. The number of carbonyl (C=O) groups is 2. The average Bonchev–Trinajstić information content (AvgIpc) is 2.89. The lowest BCUT2D eigenvalue weighted by molar-refractivity contribution is -0.142. The zero-order chi connectivity index (χ0) is 16.1. The van der Waals surface area contributed by atoms with Gasteiger partial charge in [0.05, 0.1) is 12.5 Å². The maximum Gasteiger partial charge on any atom is 0.308 e. The molecular weight excluding hydrogens is 286 g/mol. The lowest BCUT2D eigenvalue weighted by Gasteiger charge is -2.23. The number of hydrogen-bond donors (Lipinski definition) is 1. The highest BCUT2D eigenvalue weighted by Gasteiger charge is 2.38. The van der Waals surface area contributed by atoms with Gasteiger partial charge in [0.25, 0.3) is 5.91 Å². The molecule has 1 saturated heterocycles. The molecule has 0 radical (unpaired) electrons. The van der Waals surface area contributed by atoms with Gasteiger partial charge in [0.2, 0.25) is 0 Å². The number of likely N-dealkylation sites (tertiary alicyclic amines) is 1. The van der Waals surface area contributed by atoms with Crippen molar-refractivity contribution in [2.24, 2.45) is 5.92 Å². The van der Waals surface area contributed by atoms with Crippen LogP contribution in [0.25, 0.3) is 0 Å². The highest BCUT2D eigenvalue weighted by atomic mass is 16.5. The molecule has 6 heteroatoms. The summed E-state index contributed by atoms with van der Waals surface area (Å²) in [5.41, 5.74) is 0.539. The van der Waals surface area contributed by atoms with Crippen LogP contribution < -0.4 is 4.74 Å². The molecule has 120 valence electrons. The fourth-order valence-electron chi connectivity index (χ4n) is 2.66. The molecule has 2 unspecified atom stereocenters. The van der Waals surface area contributed by atoms with Crippen LogP contribution in [0.2, 0.25) is 0 Å². The topological polar surface area (TPSA) is 76.1 Å². The fraction of sp³-hybridized carbons (Fsp3) is 0.500. The summed E-state index contributed by atoms with van der Waals surface area (Å²) in [6.07, 6.45) is 0.500. The Balaban J connectivity index is 1.99. The predicted molar refractivity (Wildman–Crippen MR) is 80.1 cm³/mol. The standard InChI is InChI=1S/C16H21NO5/c1-11-14(16(19)20)7-8-17(11)15(18)12-3-5-13(6-4-12)22-10-9-21-2/h3-6,11,14H,7-10H2,1-2H3,(H,19,20). The molecule has 1 heterocycles. The maximum absolute atomic E-state index is 12.5. The molecular formula is C16H21NO5. The lowest BCUT2D eigenvalue weighted by Crippen LogP contribution is -2.37. The van der Waals surface area contributed by atoms with Crippen molar-refractivity contribution >= 4 is 11.9 Å². The molecule has 1 aromatic rings. The largest absolute Gasteiger partial charge is 0.491 e. The van der Waals surface area contributed by atoms with Crippen molar-refractivity contribution in [2.75, 3.05) is 26.9 Å². The van der Waals surface area contributed by atoms with Gasteiger partial charge in [-0.25, -0.2) is 0 Å². The second-order valence-corrected chi connectivity index (χ2v) is 5.34. The van der Waals surface area contributed by atoms with Gasteiger partial charge in [-0.05, 0) is 37.6 Å². The lowest BCUT2D eigenvalue weighted by atomic mass is 10.0. The second-order valence-electron chi connectivity index (χ2n) is 5.34. The van der Waals surface area contributed by atoms with Crippen LogP contribution in [0, 0.1) is 5.92 Å². The molecule has 0 saturated carbocycles. The summed E-state index contributed by atoms with van der Waals surface area (Å²) < 4.78 is 10.3. The van der Waals surface area contributed by atoms with Crippen molar-refractivity contribution in [1.29, 1.82) is 0 Å². The molecule has 2 rings (SSSR count). The molecule has 0 bridgehead atoms. The number of carboxylic acids is 1. The van der Waals surface area contributed by atoms with Gasteiger partial charge in [-0.1, -0.05) is 0 Å². The van der Waals surface area contributed by atoms with E-state index in [2.05, 4.69) is 0 Å². The number of hydrogen-bond acceptors (Lipinski definition) is 4. The van der Waals surface area contributed by atoms with E-state index in [-0.39, 0.29) is 11.9 Å². The predicted octanol–water partition coefficient (Wildman–Crippen LogP) is 1.65. The highest BCUT2D eigenvalue weighted by molar-refractivity contribution is 5.95. The zero-order valence-corrected chi connectivity index (χ0v) is 12.8. The molecule has 22 heavy (non-hydrogen) atoms. The summed E-state index contributed by atoms with van der Waals surface area (Å²) in [6.45, 7) is 3.21. The monoisotopic (exact) mass is 307 g/mol. The second kappa shape index (κ2) is 7.26. The van der Waals surface area contributed by atoms with Crippen LogP contribution in [0.3, 0.4) is 0 Å². The first kappa shape index (κ1) is 16.3. The Morgan fingerprint density at radius 1 is 1.27 bits per heavy atom. The Labute approximate surface area is 129 Å². The third-order valence-corrected chi connectivity index (χ3v) is 3.99. The molecule has 0 aliphatic carbocycles. The molecule has 1 amide bonds. The van der Waals surface area contributed by atoms with E-state index in [4.69, 9.17) is 14.6 Å². The molecule has 1 N–H and O–H groups in total. The Morgan fingerprint density at radius 3 is 2.50 bits per heavy atom. The molecule has 2 atom stereocenters. The summed E-state index contributed by atoms with van der Waals surface area (Å²) in [5, 5.41) is 9.13. The van der Waals surface area contributed by atoms with E-state index < -0.39 is 11.9 Å². The van der Waals surface area contributed by atoms with Crippen molar-refractivity contribution < 1.29 is 24.2 Å². The van der Waals surface area contributed by atoms with Gasteiger partial charge in [-0.3, -0.25) is 9.59 Å². The first-order chi connectivity index (χ1) is 10.5. The van der Waals surface area contributed by atoms with E-state index in [0.29, 0.717) is 37.5 Å². The first-order valence-electron chi connectivity index (χ1n) is 7.30. The Morgan fingerprint density at radius 2 is 1.95 bits per heavy atom. The van der Waals surface area contributed by atoms with Crippen LogP contribution in [0.4, 0.5) is 0 Å². The minimum Gasteiger partial charge on any atom is -0.491 e. The third kappa shape index (κ3) is 3.57. The van der Waals surface area contributed by atoms with E-state index in [0.717, 1.165) is 0 Å². The van der Waals surface area contributed by atoms with E-state index in [1.807, 2.05) is 0 Å². The number of carboxylic acid groups (broad SMARTS) is 1. The number of rotatable bonds is 6. The van der Waals surface area contributed by atoms with Crippen molar-refractivity contribution in [3.05, 3.63) is 29.8 Å². The molecule has 1 aromatic carbocycles. The summed E-state index contributed by atoms with van der Waals surface area (Å²) in [4.78, 5) is 25.2. The molecule has 1 aliphatic heterocycles. The number of nitrogens with zero attached hydrogens (tertiary/aromatic N) is 1. The van der Waals surface area contributed by atoms with Crippen molar-refractivity contribution in [1.82, 2.24) is 4.90 Å². The van der Waals surface area contributed by atoms with Gasteiger partial charge in [-0.15, -0.1) is 0 Å². The van der Waals surface area contributed by atoms with Crippen LogP contribution in [0.1, 0.15) is 23.7 Å². The molecule has 1 fully saturated rings. The number of benzene rings is 1. The normalized spacial score (nSPS) is 20.9. The Hall–Kier alpha value is -2.08. The summed E-state index contributed by atoms with van der Waals surface area (Å²) in [5.74, 6) is -0.795. The number of aliphatic carboxylic acids is 1. The van der Waals surface area contributed by atoms with Gasteiger partial charge >= 0.3 is 5.97 Å². The van der Waals surface area contributed by atoms with Crippen LogP contribution in [0.5, 0.6) is 5.75 Å². The molecule has 0 aromatic heterocycles. The minimum atomic E-state index is -0.843. The number of carbonyl (C=O) groups excluding carboxylic acids is 1. The van der Waals surface area contributed by atoms with E-state index >= 15 is 0 Å². The van der Waals surface area contributed by atoms with E-state index in [1.54, 1.807) is 43.2 Å².